The van der Waals surface area contributed by atoms with Crippen LogP contribution in [0.25, 0.3) is 5.65 Å². The van der Waals surface area contributed by atoms with Crippen LogP contribution in [0.2, 0.25) is 0 Å². The molecule has 0 amide bonds. The first-order valence-electron chi connectivity index (χ1n) is 5.70. The molecule has 0 unspecified atom stereocenters. The van der Waals surface area contributed by atoms with Crippen LogP contribution in [0.1, 0.15) is 5.56 Å². The Kier molecular flexibility index (Phi) is 3.16. The summed E-state index contributed by atoms with van der Waals surface area (Å²) in [7, 11) is 0. The molecule has 1 N–H and O–H groups in total. The monoisotopic (exact) mass is 320 g/mol. The molecule has 2 aromatic heterocycles. The predicted octanol–water partition coefficient (Wildman–Crippen LogP) is 3.24. The number of halogens is 2. The highest BCUT2D eigenvalue weighted by atomic mass is 79.9. The van der Waals surface area contributed by atoms with Gasteiger partial charge in [-0.15, -0.1) is 0 Å². The maximum Gasteiger partial charge on any atom is 0.180 e. The van der Waals surface area contributed by atoms with Gasteiger partial charge in [-0.05, 0) is 33.6 Å². The predicted molar refractivity (Wildman–Crippen MR) is 74.4 cm³/mol. The average Bonchev–Trinajstić information content (AvgIpc) is 2.81. The van der Waals surface area contributed by atoms with Crippen LogP contribution < -0.4 is 5.32 Å². The Bertz CT molecular complexity index is 708. The number of aromatic nitrogens is 3. The third-order valence-electron chi connectivity index (χ3n) is 2.76. The van der Waals surface area contributed by atoms with Gasteiger partial charge in [-0.1, -0.05) is 12.1 Å². The van der Waals surface area contributed by atoms with E-state index in [4.69, 9.17) is 0 Å². The molecule has 1 aromatic carbocycles. The molecule has 0 radical (unpaired) electrons. The van der Waals surface area contributed by atoms with Crippen LogP contribution in [-0.4, -0.2) is 14.4 Å². The normalized spacial score (nSPS) is 10.8. The number of hydrogen-bond acceptors (Lipinski definition) is 3. The van der Waals surface area contributed by atoms with Crippen molar-refractivity contribution < 1.29 is 4.39 Å². The molecule has 0 saturated carbocycles. The van der Waals surface area contributed by atoms with Gasteiger partial charge in [-0.25, -0.2) is 14.4 Å². The van der Waals surface area contributed by atoms with Crippen LogP contribution in [0.3, 0.4) is 0 Å². The molecule has 0 aliphatic rings. The number of hydrogen-bond donors (Lipinski definition) is 1. The van der Waals surface area contributed by atoms with Crippen molar-refractivity contribution in [3.8, 4) is 0 Å². The summed E-state index contributed by atoms with van der Waals surface area (Å²) in [5, 5.41) is 3.20. The van der Waals surface area contributed by atoms with E-state index in [1.165, 1.54) is 12.1 Å². The zero-order valence-electron chi connectivity index (χ0n) is 9.85. The molecule has 3 rings (SSSR count). The molecule has 0 bridgehead atoms. The van der Waals surface area contributed by atoms with E-state index in [0.717, 1.165) is 15.8 Å². The number of nitrogens with one attached hydrogen (secondary N) is 1. The van der Waals surface area contributed by atoms with Gasteiger partial charge in [0.1, 0.15) is 10.4 Å². The maximum absolute atomic E-state index is 12.8. The first-order valence-corrected chi connectivity index (χ1v) is 6.49. The summed E-state index contributed by atoms with van der Waals surface area (Å²) in [6.07, 6.45) is 5.25. The molecular formula is C13H10BrFN4. The Morgan fingerprint density at radius 1 is 1.21 bits per heavy atom. The Morgan fingerprint density at radius 2 is 2.00 bits per heavy atom. The molecule has 0 aliphatic heterocycles. The fraction of sp³-hybridized carbons (Fsp3) is 0.0769. The van der Waals surface area contributed by atoms with E-state index in [0.29, 0.717) is 12.4 Å². The molecule has 6 heteroatoms. The Hall–Kier alpha value is -1.95. The fourth-order valence-corrected chi connectivity index (χ4v) is 2.19. The van der Waals surface area contributed by atoms with Crippen LogP contribution in [0, 0.1) is 5.82 Å². The number of anilines is 1. The lowest BCUT2D eigenvalue weighted by Crippen LogP contribution is -2.03. The lowest BCUT2D eigenvalue weighted by molar-refractivity contribution is 0.627. The Labute approximate surface area is 117 Å². The van der Waals surface area contributed by atoms with Crippen molar-refractivity contribution in [1.29, 1.82) is 0 Å². The molecule has 3 aromatic rings. The highest BCUT2D eigenvalue weighted by molar-refractivity contribution is 9.10. The first-order chi connectivity index (χ1) is 9.24. The zero-order chi connectivity index (χ0) is 13.2. The van der Waals surface area contributed by atoms with Gasteiger partial charge in [0.15, 0.2) is 11.5 Å². The van der Waals surface area contributed by atoms with Crippen molar-refractivity contribution >= 4 is 27.4 Å². The lowest BCUT2D eigenvalue weighted by Gasteiger charge is -2.06. The highest BCUT2D eigenvalue weighted by Gasteiger charge is 2.06. The van der Waals surface area contributed by atoms with Gasteiger partial charge in [0.2, 0.25) is 0 Å². The van der Waals surface area contributed by atoms with E-state index in [1.807, 2.05) is 10.6 Å². The van der Waals surface area contributed by atoms with Gasteiger partial charge in [0.05, 0.1) is 6.20 Å². The van der Waals surface area contributed by atoms with Crippen LogP contribution in [0.4, 0.5) is 10.2 Å². The zero-order valence-corrected chi connectivity index (χ0v) is 11.4. The molecule has 0 atom stereocenters. The first kappa shape index (κ1) is 12.1. The van der Waals surface area contributed by atoms with Gasteiger partial charge < -0.3 is 5.32 Å². The molecule has 2 heterocycles. The minimum atomic E-state index is -0.235. The van der Waals surface area contributed by atoms with Gasteiger partial charge in [-0.3, -0.25) is 4.40 Å². The number of imidazole rings is 1. The average molecular weight is 321 g/mol. The fourth-order valence-electron chi connectivity index (χ4n) is 1.80. The molecule has 4 nitrogen and oxygen atoms in total. The third kappa shape index (κ3) is 2.44. The Balaban J connectivity index is 1.83. The molecule has 19 heavy (non-hydrogen) atoms. The van der Waals surface area contributed by atoms with E-state index in [-0.39, 0.29) is 5.82 Å². The van der Waals surface area contributed by atoms with Crippen molar-refractivity contribution in [2.45, 2.75) is 6.54 Å². The second-order valence-electron chi connectivity index (χ2n) is 4.03. The van der Waals surface area contributed by atoms with Crippen LogP contribution in [0.5, 0.6) is 0 Å². The largest absolute Gasteiger partial charge is 0.363 e. The number of rotatable bonds is 3. The maximum atomic E-state index is 12.8. The lowest BCUT2D eigenvalue weighted by atomic mass is 10.2. The van der Waals surface area contributed by atoms with Crippen molar-refractivity contribution in [3.63, 3.8) is 0 Å². The van der Waals surface area contributed by atoms with E-state index < -0.39 is 0 Å². The second-order valence-corrected chi connectivity index (χ2v) is 4.84. The number of nitrogens with zero attached hydrogens (tertiary/aromatic N) is 3. The minimum Gasteiger partial charge on any atom is -0.363 e. The molecule has 96 valence electrons. The SMILES string of the molecule is Fc1ccc(CNc2nccn3c(Br)cnc23)cc1. The van der Waals surface area contributed by atoms with E-state index in [9.17, 15) is 4.39 Å². The minimum absolute atomic E-state index is 0.235. The van der Waals surface area contributed by atoms with Gasteiger partial charge >= 0.3 is 0 Å². The van der Waals surface area contributed by atoms with Gasteiger partial charge in [0.25, 0.3) is 0 Å². The molecule has 0 saturated heterocycles. The third-order valence-corrected chi connectivity index (χ3v) is 3.34. The second kappa shape index (κ2) is 4.97. The molecular weight excluding hydrogens is 311 g/mol. The van der Waals surface area contributed by atoms with Crippen LogP contribution in [0.15, 0.2) is 47.5 Å². The van der Waals surface area contributed by atoms with E-state index in [2.05, 4.69) is 31.2 Å². The molecule has 0 aliphatic carbocycles. The summed E-state index contributed by atoms with van der Waals surface area (Å²) in [5.74, 6) is 0.457. The Morgan fingerprint density at radius 3 is 2.79 bits per heavy atom. The summed E-state index contributed by atoms with van der Waals surface area (Å²) >= 11 is 3.41. The quantitative estimate of drug-likeness (QED) is 0.805. The number of benzene rings is 1. The van der Waals surface area contributed by atoms with Crippen molar-refractivity contribution in [3.05, 3.63) is 58.8 Å². The topological polar surface area (TPSA) is 42.2 Å². The van der Waals surface area contributed by atoms with Gasteiger partial charge in [-0.2, -0.15) is 0 Å². The van der Waals surface area contributed by atoms with Crippen molar-refractivity contribution in [2.24, 2.45) is 0 Å². The highest BCUT2D eigenvalue weighted by Crippen LogP contribution is 2.18. The summed E-state index contributed by atoms with van der Waals surface area (Å²) < 4.78 is 15.6. The van der Waals surface area contributed by atoms with Crippen molar-refractivity contribution in [1.82, 2.24) is 14.4 Å². The smallest absolute Gasteiger partial charge is 0.180 e. The van der Waals surface area contributed by atoms with Gasteiger partial charge in [0, 0.05) is 18.9 Å². The van der Waals surface area contributed by atoms with Crippen LogP contribution in [-0.2, 0) is 6.54 Å². The van der Waals surface area contributed by atoms with E-state index >= 15 is 0 Å². The standard InChI is InChI=1S/C13H10BrFN4/c14-11-8-18-13-12(16-5-6-19(11)13)17-7-9-1-3-10(15)4-2-9/h1-6,8H,7H2,(H,16,17). The summed E-state index contributed by atoms with van der Waals surface area (Å²) in [6.45, 7) is 0.567. The van der Waals surface area contributed by atoms with Crippen molar-refractivity contribution in [2.75, 3.05) is 5.32 Å². The number of fused-ring (bicyclic) bond motifs is 1. The van der Waals surface area contributed by atoms with Crippen LogP contribution >= 0.6 is 15.9 Å². The van der Waals surface area contributed by atoms with E-state index in [1.54, 1.807) is 24.5 Å². The molecule has 0 spiro atoms. The summed E-state index contributed by atoms with van der Waals surface area (Å²) in [4.78, 5) is 8.54. The summed E-state index contributed by atoms with van der Waals surface area (Å²) in [6, 6.07) is 6.36. The summed E-state index contributed by atoms with van der Waals surface area (Å²) in [5.41, 5.74) is 1.73. The molecule has 0 fully saturated rings.